The molecule has 4 aromatic rings. The summed E-state index contributed by atoms with van der Waals surface area (Å²) in [6.45, 7) is 1.27. The van der Waals surface area contributed by atoms with Gasteiger partial charge in [0.15, 0.2) is 11.2 Å². The zero-order valence-corrected chi connectivity index (χ0v) is 18.9. The first-order valence-corrected chi connectivity index (χ1v) is 10.7. The van der Waals surface area contributed by atoms with Crippen LogP contribution in [0.2, 0.25) is 10.0 Å². The number of fused-ring (bicyclic) bond motifs is 3. The molecule has 0 amide bonds. The van der Waals surface area contributed by atoms with Crippen LogP contribution in [0, 0.1) is 0 Å². The molecule has 0 aliphatic carbocycles. The largest absolute Gasteiger partial charge is 0.495 e. The van der Waals surface area contributed by atoms with Gasteiger partial charge in [-0.05, 0) is 29.8 Å². The Bertz CT molecular complexity index is 1490. The van der Waals surface area contributed by atoms with Gasteiger partial charge in [-0.2, -0.15) is 4.98 Å². The van der Waals surface area contributed by atoms with Crippen LogP contribution < -0.4 is 20.9 Å². The fourth-order valence-corrected chi connectivity index (χ4v) is 4.44. The number of imidazole rings is 1. The third-order valence-corrected chi connectivity index (χ3v) is 6.44. The second-order valence-electron chi connectivity index (χ2n) is 7.54. The van der Waals surface area contributed by atoms with Gasteiger partial charge in [0.05, 0.1) is 29.4 Å². The molecule has 1 aliphatic heterocycles. The number of halogens is 2. The molecule has 8 nitrogen and oxygen atoms in total. The van der Waals surface area contributed by atoms with Crippen LogP contribution in [0.15, 0.2) is 52.1 Å². The second kappa shape index (κ2) is 7.72. The first-order valence-electron chi connectivity index (χ1n) is 9.95. The lowest BCUT2D eigenvalue weighted by Crippen LogP contribution is -2.40. The van der Waals surface area contributed by atoms with E-state index in [-0.39, 0.29) is 6.54 Å². The first-order chi connectivity index (χ1) is 15.4. The minimum Gasteiger partial charge on any atom is -0.495 e. The Morgan fingerprint density at radius 3 is 2.59 bits per heavy atom. The van der Waals surface area contributed by atoms with E-state index in [0.29, 0.717) is 51.6 Å². The first kappa shape index (κ1) is 20.7. The number of benzene rings is 2. The zero-order valence-electron chi connectivity index (χ0n) is 17.4. The van der Waals surface area contributed by atoms with E-state index in [1.807, 2.05) is 33.7 Å². The lowest BCUT2D eigenvalue weighted by atomic mass is 10.2. The van der Waals surface area contributed by atoms with Gasteiger partial charge in [0.25, 0.3) is 5.56 Å². The van der Waals surface area contributed by atoms with E-state index in [1.54, 1.807) is 32.4 Å². The van der Waals surface area contributed by atoms with Crippen molar-refractivity contribution in [2.45, 2.75) is 13.1 Å². The average Bonchev–Trinajstić information content (AvgIpc) is 3.37. The van der Waals surface area contributed by atoms with E-state index >= 15 is 0 Å². The number of aromatic nitrogens is 4. The molecule has 2 aromatic carbocycles. The van der Waals surface area contributed by atoms with E-state index in [1.165, 1.54) is 9.13 Å². The van der Waals surface area contributed by atoms with Crippen LogP contribution >= 0.6 is 23.2 Å². The van der Waals surface area contributed by atoms with Crippen molar-refractivity contribution in [3.63, 3.8) is 0 Å². The number of methoxy groups -OCH3 is 1. The molecule has 10 heteroatoms. The molecule has 0 saturated heterocycles. The van der Waals surface area contributed by atoms with E-state index in [9.17, 15) is 9.59 Å². The highest BCUT2D eigenvalue weighted by atomic mass is 35.5. The molecular weight excluding hydrogens is 453 g/mol. The highest BCUT2D eigenvalue weighted by Gasteiger charge is 2.30. The van der Waals surface area contributed by atoms with E-state index in [0.717, 1.165) is 5.69 Å². The third-order valence-electron chi connectivity index (χ3n) is 5.70. The van der Waals surface area contributed by atoms with Crippen molar-refractivity contribution in [2.75, 3.05) is 18.6 Å². The smallest absolute Gasteiger partial charge is 0.332 e. The van der Waals surface area contributed by atoms with Gasteiger partial charge >= 0.3 is 5.69 Å². The van der Waals surface area contributed by atoms with Gasteiger partial charge in [0.2, 0.25) is 5.95 Å². The minimum atomic E-state index is -0.450. The molecule has 0 radical (unpaired) electrons. The summed E-state index contributed by atoms with van der Waals surface area (Å²) in [5.41, 5.74) is 1.45. The van der Waals surface area contributed by atoms with Crippen LogP contribution in [0.4, 0.5) is 11.6 Å². The number of ether oxygens (including phenoxy) is 1. The average molecular weight is 472 g/mol. The molecule has 1 aliphatic rings. The number of para-hydroxylation sites is 2. The molecule has 0 unspecified atom stereocenters. The maximum atomic E-state index is 13.4. The van der Waals surface area contributed by atoms with Crippen LogP contribution in [0.5, 0.6) is 5.75 Å². The number of nitrogens with zero attached hydrogens (tertiary/aromatic N) is 5. The standard InChI is InChI=1S/C22H19Cl2N5O3/c1-26-19-18(20(30)29(22(26)31)12-13-7-8-14(23)15(24)11-13)28-10-9-27(21(28)25-19)16-5-3-4-6-17(16)32-2/h3-8,11H,9-10,12H2,1-2H3. The highest BCUT2D eigenvalue weighted by Crippen LogP contribution is 2.37. The second-order valence-corrected chi connectivity index (χ2v) is 8.35. The van der Waals surface area contributed by atoms with Gasteiger partial charge < -0.3 is 14.2 Å². The summed E-state index contributed by atoms with van der Waals surface area (Å²) < 4.78 is 9.95. The minimum absolute atomic E-state index is 0.0784. The Balaban J connectivity index is 1.67. The van der Waals surface area contributed by atoms with Gasteiger partial charge in [-0.3, -0.25) is 13.9 Å². The lowest BCUT2D eigenvalue weighted by Gasteiger charge is -2.18. The van der Waals surface area contributed by atoms with E-state index in [4.69, 9.17) is 27.9 Å². The van der Waals surface area contributed by atoms with Gasteiger partial charge in [-0.25, -0.2) is 4.79 Å². The Morgan fingerprint density at radius 1 is 1.06 bits per heavy atom. The Kier molecular flexibility index (Phi) is 4.98. The molecule has 3 heterocycles. The molecule has 32 heavy (non-hydrogen) atoms. The zero-order chi connectivity index (χ0) is 22.6. The summed E-state index contributed by atoms with van der Waals surface area (Å²) in [7, 11) is 3.23. The van der Waals surface area contributed by atoms with Gasteiger partial charge in [-0.15, -0.1) is 0 Å². The van der Waals surface area contributed by atoms with E-state index < -0.39 is 11.2 Å². The molecule has 0 N–H and O–H groups in total. The molecular formula is C22H19Cl2N5O3. The normalized spacial score (nSPS) is 13.1. The van der Waals surface area contributed by atoms with Crippen molar-refractivity contribution < 1.29 is 4.74 Å². The maximum absolute atomic E-state index is 13.4. The van der Waals surface area contributed by atoms with Crippen molar-refractivity contribution in [3.8, 4) is 5.75 Å². The Labute approximate surface area is 192 Å². The third kappa shape index (κ3) is 3.10. The quantitative estimate of drug-likeness (QED) is 0.455. The van der Waals surface area contributed by atoms with Crippen LogP contribution in [-0.2, 0) is 20.1 Å². The summed E-state index contributed by atoms with van der Waals surface area (Å²) in [5.74, 6) is 1.31. The number of hydrogen-bond donors (Lipinski definition) is 0. The molecule has 0 atom stereocenters. The highest BCUT2D eigenvalue weighted by molar-refractivity contribution is 6.42. The predicted molar refractivity (Wildman–Crippen MR) is 125 cm³/mol. The number of hydrogen-bond acceptors (Lipinski definition) is 5. The van der Waals surface area contributed by atoms with Crippen LogP contribution in [-0.4, -0.2) is 32.3 Å². The van der Waals surface area contributed by atoms with Crippen LogP contribution in [0.25, 0.3) is 11.2 Å². The maximum Gasteiger partial charge on any atom is 0.332 e. The SMILES string of the molecule is COc1ccccc1N1CCn2c1nc1c2c(=O)n(Cc2ccc(Cl)c(Cl)c2)c(=O)n1C. The van der Waals surface area contributed by atoms with Crippen LogP contribution in [0.3, 0.4) is 0 Å². The fourth-order valence-electron chi connectivity index (χ4n) is 4.12. The van der Waals surface area contributed by atoms with E-state index in [2.05, 4.69) is 4.98 Å². The summed E-state index contributed by atoms with van der Waals surface area (Å²) in [5, 5.41) is 0.781. The van der Waals surface area contributed by atoms with Crippen molar-refractivity contribution >= 4 is 46.0 Å². The van der Waals surface area contributed by atoms with Crippen molar-refractivity contribution in [1.29, 1.82) is 0 Å². The number of aryl methyl sites for hydroxylation is 1. The summed E-state index contributed by atoms with van der Waals surface area (Å²) in [4.78, 5) is 33.1. The molecule has 5 rings (SSSR count). The summed E-state index contributed by atoms with van der Waals surface area (Å²) >= 11 is 12.1. The Hall–Kier alpha value is -3.23. The molecule has 0 spiro atoms. The monoisotopic (exact) mass is 471 g/mol. The summed E-state index contributed by atoms with van der Waals surface area (Å²) in [6.07, 6.45) is 0. The molecule has 0 fully saturated rings. The van der Waals surface area contributed by atoms with Gasteiger partial charge in [0, 0.05) is 20.1 Å². The molecule has 0 saturated carbocycles. The molecule has 2 aromatic heterocycles. The van der Waals surface area contributed by atoms with Gasteiger partial charge in [0.1, 0.15) is 5.75 Å². The van der Waals surface area contributed by atoms with Crippen molar-refractivity contribution in [1.82, 2.24) is 18.7 Å². The fraction of sp³-hybridized carbons (Fsp3) is 0.227. The lowest BCUT2D eigenvalue weighted by molar-refractivity contribution is 0.415. The van der Waals surface area contributed by atoms with Crippen LogP contribution in [0.1, 0.15) is 5.56 Å². The topological polar surface area (TPSA) is 74.3 Å². The van der Waals surface area contributed by atoms with Crippen molar-refractivity contribution in [2.24, 2.45) is 7.05 Å². The number of rotatable bonds is 4. The predicted octanol–water partition coefficient (Wildman–Crippen LogP) is 3.41. The number of anilines is 2. The molecule has 0 bridgehead atoms. The van der Waals surface area contributed by atoms with Gasteiger partial charge in [-0.1, -0.05) is 41.4 Å². The summed E-state index contributed by atoms with van der Waals surface area (Å²) in [6, 6.07) is 12.7. The Morgan fingerprint density at radius 2 is 1.84 bits per heavy atom. The molecule has 164 valence electrons. The van der Waals surface area contributed by atoms with Crippen molar-refractivity contribution in [3.05, 3.63) is 78.9 Å².